The molecule has 1 saturated heterocycles. The number of likely N-dealkylation sites (tertiary alicyclic amines) is 1. The van der Waals surface area contributed by atoms with Gasteiger partial charge >= 0.3 is 13.6 Å². The number of amides is 2. The Bertz CT molecular complexity index is 476. The summed E-state index contributed by atoms with van der Waals surface area (Å²) in [6.45, 7) is -0.616. The lowest BCUT2D eigenvalue weighted by molar-refractivity contribution is -0.149. The van der Waals surface area contributed by atoms with E-state index in [9.17, 15) is 18.9 Å². The summed E-state index contributed by atoms with van der Waals surface area (Å²) >= 11 is 0. The van der Waals surface area contributed by atoms with Crippen LogP contribution in [0.2, 0.25) is 0 Å². The molecule has 11 heteroatoms. The summed E-state index contributed by atoms with van der Waals surface area (Å²) in [5, 5.41) is 20.1. The van der Waals surface area contributed by atoms with Gasteiger partial charge in [-0.05, 0) is 12.8 Å². The van der Waals surface area contributed by atoms with Gasteiger partial charge in [-0.2, -0.15) is 0 Å². The summed E-state index contributed by atoms with van der Waals surface area (Å²) in [4.78, 5) is 52.8. The molecule has 1 fully saturated rings. The van der Waals surface area contributed by atoms with E-state index in [-0.39, 0.29) is 13.0 Å². The van der Waals surface area contributed by atoms with Crippen LogP contribution in [-0.4, -0.2) is 74.1 Å². The number of nitrogens with zero attached hydrogens (tertiary/aromatic N) is 1. The van der Waals surface area contributed by atoms with E-state index in [1.165, 1.54) is 0 Å². The standard InChI is InChI=1S/C10H17N2O8P/c13-4-6(11-8(14)5-21(18,19)20)9(15)12-3-1-2-7(12)10(16)17/h6-7,13H,1-5H2,(H,11,14)(H,16,17)(H2,18,19,20)/t6-,7-/m0/s1. The van der Waals surface area contributed by atoms with Crippen molar-refractivity contribution in [3.63, 3.8) is 0 Å². The summed E-state index contributed by atoms with van der Waals surface area (Å²) in [6, 6.07) is -2.45. The number of hydrogen-bond donors (Lipinski definition) is 5. The van der Waals surface area contributed by atoms with Crippen molar-refractivity contribution in [2.75, 3.05) is 19.3 Å². The molecule has 0 unspecified atom stereocenters. The smallest absolute Gasteiger partial charge is 0.334 e. The van der Waals surface area contributed by atoms with Crippen LogP contribution in [0, 0.1) is 0 Å². The Morgan fingerprint density at radius 3 is 2.43 bits per heavy atom. The third-order valence-corrected chi connectivity index (χ3v) is 3.69. The molecule has 2 amide bonds. The maximum absolute atomic E-state index is 12.1. The second-order valence-corrected chi connectivity index (χ2v) is 6.30. The van der Waals surface area contributed by atoms with Crippen molar-refractivity contribution in [1.29, 1.82) is 0 Å². The lowest BCUT2D eigenvalue weighted by Gasteiger charge is -2.26. The van der Waals surface area contributed by atoms with Crippen LogP contribution in [0.25, 0.3) is 0 Å². The highest BCUT2D eigenvalue weighted by Gasteiger charge is 2.37. The van der Waals surface area contributed by atoms with Gasteiger partial charge in [-0.3, -0.25) is 14.2 Å². The van der Waals surface area contributed by atoms with E-state index >= 15 is 0 Å². The number of hydrogen-bond acceptors (Lipinski definition) is 5. The van der Waals surface area contributed by atoms with Crippen LogP contribution in [0.4, 0.5) is 0 Å². The van der Waals surface area contributed by atoms with Gasteiger partial charge in [0.05, 0.1) is 6.61 Å². The number of carbonyl (C=O) groups excluding carboxylic acids is 2. The lowest BCUT2D eigenvalue weighted by atomic mass is 10.2. The number of aliphatic hydroxyl groups excluding tert-OH is 1. The monoisotopic (exact) mass is 324 g/mol. The Labute approximate surface area is 119 Å². The topological polar surface area (TPSA) is 164 Å². The van der Waals surface area contributed by atoms with Gasteiger partial charge in [0.15, 0.2) is 0 Å². The second kappa shape index (κ2) is 6.99. The van der Waals surface area contributed by atoms with Crippen LogP contribution in [0.1, 0.15) is 12.8 Å². The zero-order valence-corrected chi connectivity index (χ0v) is 11.9. The number of carbonyl (C=O) groups is 3. The zero-order chi connectivity index (χ0) is 16.2. The molecule has 1 rings (SSSR count). The Hall–Kier alpha value is -1.48. The fraction of sp³-hybridized carbons (Fsp3) is 0.700. The Kier molecular flexibility index (Phi) is 5.85. The molecule has 0 radical (unpaired) electrons. The van der Waals surface area contributed by atoms with Gasteiger partial charge in [0.25, 0.3) is 0 Å². The molecule has 0 aliphatic carbocycles. The van der Waals surface area contributed by atoms with E-state index in [1.54, 1.807) is 0 Å². The Morgan fingerprint density at radius 1 is 1.33 bits per heavy atom. The largest absolute Gasteiger partial charge is 0.480 e. The highest BCUT2D eigenvalue weighted by molar-refractivity contribution is 7.52. The molecule has 21 heavy (non-hydrogen) atoms. The molecule has 1 heterocycles. The predicted molar refractivity (Wildman–Crippen MR) is 68.3 cm³/mol. The molecular formula is C10H17N2O8P. The molecule has 0 aromatic rings. The summed E-state index contributed by atoms with van der Waals surface area (Å²) in [5.41, 5.74) is 0. The van der Waals surface area contributed by atoms with E-state index in [2.05, 4.69) is 0 Å². The summed E-state index contributed by atoms with van der Waals surface area (Å²) in [6.07, 6.45) is -0.355. The van der Waals surface area contributed by atoms with Gasteiger partial charge in [-0.25, -0.2) is 4.79 Å². The highest BCUT2D eigenvalue weighted by Crippen LogP contribution is 2.33. The van der Waals surface area contributed by atoms with Crippen molar-refractivity contribution < 1.29 is 38.9 Å². The number of aliphatic hydroxyl groups is 1. The van der Waals surface area contributed by atoms with Crippen molar-refractivity contribution in [3.8, 4) is 0 Å². The maximum atomic E-state index is 12.1. The average molecular weight is 324 g/mol. The average Bonchev–Trinajstić information content (AvgIpc) is 2.82. The van der Waals surface area contributed by atoms with E-state index in [0.717, 1.165) is 4.90 Å². The van der Waals surface area contributed by atoms with Crippen LogP contribution in [-0.2, 0) is 18.9 Å². The lowest BCUT2D eigenvalue weighted by Crippen LogP contribution is -2.53. The molecule has 1 aliphatic heterocycles. The minimum absolute atomic E-state index is 0.181. The number of rotatable bonds is 6. The molecular weight excluding hydrogens is 307 g/mol. The highest BCUT2D eigenvalue weighted by atomic mass is 31.2. The number of nitrogens with one attached hydrogen (secondary N) is 1. The number of carboxylic acid groups (broad SMARTS) is 1. The van der Waals surface area contributed by atoms with E-state index in [0.29, 0.717) is 6.42 Å². The second-order valence-electron chi connectivity index (χ2n) is 4.65. The van der Waals surface area contributed by atoms with E-state index < -0.39 is 50.2 Å². The molecule has 0 aromatic carbocycles. The van der Waals surface area contributed by atoms with Crippen LogP contribution in [0.5, 0.6) is 0 Å². The van der Waals surface area contributed by atoms with Crippen molar-refractivity contribution >= 4 is 25.4 Å². The summed E-state index contributed by atoms with van der Waals surface area (Å²) < 4.78 is 10.7. The minimum Gasteiger partial charge on any atom is -0.480 e. The van der Waals surface area contributed by atoms with Gasteiger partial charge in [-0.15, -0.1) is 0 Å². The molecule has 0 aromatic heterocycles. The van der Waals surface area contributed by atoms with Crippen molar-refractivity contribution in [3.05, 3.63) is 0 Å². The minimum atomic E-state index is -4.58. The zero-order valence-electron chi connectivity index (χ0n) is 11.0. The molecule has 0 spiro atoms. The molecule has 2 atom stereocenters. The van der Waals surface area contributed by atoms with Gasteiger partial charge < -0.3 is 30.2 Å². The van der Waals surface area contributed by atoms with Crippen LogP contribution < -0.4 is 5.32 Å². The Balaban J connectivity index is 2.71. The summed E-state index contributed by atoms with van der Waals surface area (Å²) in [5.74, 6) is -3.07. The van der Waals surface area contributed by atoms with Gasteiger partial charge in [-0.1, -0.05) is 0 Å². The first-order valence-electron chi connectivity index (χ1n) is 6.14. The molecule has 120 valence electrons. The molecule has 1 aliphatic rings. The summed E-state index contributed by atoms with van der Waals surface area (Å²) in [7, 11) is -4.58. The van der Waals surface area contributed by atoms with Gasteiger partial charge in [0.2, 0.25) is 11.8 Å². The first-order valence-corrected chi connectivity index (χ1v) is 7.93. The third-order valence-electron chi connectivity index (χ3n) is 2.99. The Morgan fingerprint density at radius 2 is 1.95 bits per heavy atom. The SMILES string of the molecule is O=C(CP(=O)(O)O)N[C@@H](CO)C(=O)N1CCC[C@H]1C(=O)O. The van der Waals surface area contributed by atoms with Crippen molar-refractivity contribution in [2.24, 2.45) is 0 Å². The van der Waals surface area contributed by atoms with Crippen molar-refractivity contribution in [2.45, 2.75) is 24.9 Å². The van der Waals surface area contributed by atoms with Gasteiger partial charge in [0.1, 0.15) is 18.2 Å². The van der Waals surface area contributed by atoms with Crippen molar-refractivity contribution in [1.82, 2.24) is 10.2 Å². The van der Waals surface area contributed by atoms with Gasteiger partial charge in [0, 0.05) is 6.54 Å². The van der Waals surface area contributed by atoms with E-state index in [1.807, 2.05) is 5.32 Å². The molecule has 10 nitrogen and oxygen atoms in total. The fourth-order valence-electron chi connectivity index (χ4n) is 2.10. The third kappa shape index (κ3) is 5.09. The fourth-order valence-corrected chi connectivity index (χ4v) is 2.57. The quantitative estimate of drug-likeness (QED) is 0.341. The normalized spacial score (nSPS) is 20.1. The predicted octanol–water partition coefficient (Wildman–Crippen LogP) is -2.28. The van der Waals surface area contributed by atoms with E-state index in [4.69, 9.17) is 20.0 Å². The first kappa shape index (κ1) is 17.6. The molecule has 0 bridgehead atoms. The van der Waals surface area contributed by atoms with Crippen LogP contribution in [0.3, 0.4) is 0 Å². The maximum Gasteiger partial charge on any atom is 0.334 e. The molecule has 5 N–H and O–H groups in total. The first-order chi connectivity index (χ1) is 9.65. The number of carboxylic acids is 1. The van der Waals surface area contributed by atoms with Crippen LogP contribution in [0.15, 0.2) is 0 Å². The molecule has 0 saturated carbocycles. The van der Waals surface area contributed by atoms with Crippen LogP contribution >= 0.6 is 7.60 Å². The number of aliphatic carboxylic acids is 1.